The zero-order valence-electron chi connectivity index (χ0n) is 14.6. The van der Waals surface area contributed by atoms with Gasteiger partial charge in [-0.15, -0.1) is 0 Å². The molecule has 2 heterocycles. The van der Waals surface area contributed by atoms with Crippen LogP contribution in [0.1, 0.15) is 17.2 Å². The van der Waals surface area contributed by atoms with Crippen LogP contribution in [0.25, 0.3) is 0 Å². The number of hydrogen-bond donors (Lipinski definition) is 2. The highest BCUT2D eigenvalue weighted by atomic mass is 16.7. The molecule has 1 saturated heterocycles. The number of rotatable bonds is 5. The summed E-state index contributed by atoms with van der Waals surface area (Å²) < 4.78 is 21.6. The van der Waals surface area contributed by atoms with Crippen LogP contribution in [0.15, 0.2) is 36.4 Å². The van der Waals surface area contributed by atoms with Crippen LogP contribution in [0.2, 0.25) is 0 Å². The number of methoxy groups -OCH3 is 1. The van der Waals surface area contributed by atoms with Crippen LogP contribution in [0.3, 0.4) is 0 Å². The van der Waals surface area contributed by atoms with Crippen LogP contribution in [0, 0.1) is 11.8 Å². The molecule has 6 nitrogen and oxygen atoms in total. The largest absolute Gasteiger partial charge is 0.504 e. The zero-order valence-corrected chi connectivity index (χ0v) is 14.6. The molecule has 0 bridgehead atoms. The molecule has 1 fully saturated rings. The molecule has 2 N–H and O–H groups in total. The summed E-state index contributed by atoms with van der Waals surface area (Å²) in [6.07, 6.45) is 0.0964. The van der Waals surface area contributed by atoms with Gasteiger partial charge in [-0.2, -0.15) is 0 Å². The Morgan fingerprint density at radius 2 is 1.96 bits per heavy atom. The summed E-state index contributed by atoms with van der Waals surface area (Å²) in [7, 11) is 1.53. The van der Waals surface area contributed by atoms with Gasteiger partial charge in [-0.05, 0) is 47.7 Å². The second-order valence-corrected chi connectivity index (χ2v) is 6.73. The van der Waals surface area contributed by atoms with Gasteiger partial charge in [0.25, 0.3) is 0 Å². The molecule has 138 valence electrons. The SMILES string of the molecule is COc1cc(C[C@@H]2COC[C@@H]2[C@H](O)c2ccc3c(c2)OCO3)ccc1O. The van der Waals surface area contributed by atoms with E-state index in [2.05, 4.69) is 0 Å². The average Bonchev–Trinajstić information content (AvgIpc) is 3.31. The van der Waals surface area contributed by atoms with Gasteiger partial charge in [-0.1, -0.05) is 12.1 Å². The molecule has 6 heteroatoms. The van der Waals surface area contributed by atoms with Crippen LogP contribution in [0.4, 0.5) is 0 Å². The van der Waals surface area contributed by atoms with Crippen LogP contribution < -0.4 is 14.2 Å². The van der Waals surface area contributed by atoms with Crippen LogP contribution >= 0.6 is 0 Å². The van der Waals surface area contributed by atoms with Crippen LogP contribution in [-0.2, 0) is 11.2 Å². The lowest BCUT2D eigenvalue weighted by molar-refractivity contribution is 0.0810. The van der Waals surface area contributed by atoms with Crippen LogP contribution in [0.5, 0.6) is 23.0 Å². The normalized spacial score (nSPS) is 22.4. The third-order valence-corrected chi connectivity index (χ3v) is 5.13. The quantitative estimate of drug-likeness (QED) is 0.856. The van der Waals surface area contributed by atoms with E-state index in [9.17, 15) is 10.2 Å². The minimum Gasteiger partial charge on any atom is -0.504 e. The Bertz CT molecular complexity index is 790. The first kappa shape index (κ1) is 17.0. The summed E-state index contributed by atoms with van der Waals surface area (Å²) >= 11 is 0. The molecule has 0 radical (unpaired) electrons. The van der Waals surface area contributed by atoms with Crippen molar-refractivity contribution in [2.45, 2.75) is 12.5 Å². The number of benzene rings is 2. The Balaban J connectivity index is 1.51. The fourth-order valence-electron chi connectivity index (χ4n) is 3.67. The van der Waals surface area contributed by atoms with Crippen molar-refractivity contribution in [3.63, 3.8) is 0 Å². The van der Waals surface area contributed by atoms with Crippen molar-refractivity contribution in [2.24, 2.45) is 11.8 Å². The van der Waals surface area contributed by atoms with E-state index >= 15 is 0 Å². The summed E-state index contributed by atoms with van der Waals surface area (Å²) in [5.74, 6) is 2.10. The van der Waals surface area contributed by atoms with E-state index in [1.807, 2.05) is 30.3 Å². The van der Waals surface area contributed by atoms with Crippen molar-refractivity contribution in [3.8, 4) is 23.0 Å². The molecule has 26 heavy (non-hydrogen) atoms. The van der Waals surface area contributed by atoms with Gasteiger partial charge in [0.1, 0.15) is 0 Å². The number of aliphatic hydroxyl groups excluding tert-OH is 1. The van der Waals surface area contributed by atoms with Gasteiger partial charge >= 0.3 is 0 Å². The predicted octanol–water partition coefficient (Wildman–Crippen LogP) is 2.67. The van der Waals surface area contributed by atoms with E-state index in [0.29, 0.717) is 30.5 Å². The topological polar surface area (TPSA) is 77.4 Å². The van der Waals surface area contributed by atoms with E-state index in [0.717, 1.165) is 17.5 Å². The molecule has 0 aliphatic carbocycles. The molecule has 0 unspecified atom stereocenters. The number of hydrogen-bond acceptors (Lipinski definition) is 6. The maximum absolute atomic E-state index is 10.9. The molecular formula is C20H22O6. The Morgan fingerprint density at radius 3 is 2.81 bits per heavy atom. The molecule has 2 aliphatic heterocycles. The smallest absolute Gasteiger partial charge is 0.231 e. The van der Waals surface area contributed by atoms with E-state index < -0.39 is 6.10 Å². The van der Waals surface area contributed by atoms with Crippen molar-refractivity contribution >= 4 is 0 Å². The Morgan fingerprint density at radius 1 is 1.12 bits per heavy atom. The van der Waals surface area contributed by atoms with Gasteiger partial charge in [0.15, 0.2) is 23.0 Å². The Labute approximate surface area is 151 Å². The lowest BCUT2D eigenvalue weighted by atomic mass is 9.83. The first-order chi connectivity index (χ1) is 12.7. The highest BCUT2D eigenvalue weighted by Crippen LogP contribution is 2.40. The van der Waals surface area contributed by atoms with Gasteiger partial charge in [-0.3, -0.25) is 0 Å². The molecule has 0 saturated carbocycles. The first-order valence-electron chi connectivity index (χ1n) is 8.67. The molecule has 0 aromatic heterocycles. The first-order valence-corrected chi connectivity index (χ1v) is 8.67. The monoisotopic (exact) mass is 358 g/mol. The summed E-state index contributed by atoms with van der Waals surface area (Å²) in [4.78, 5) is 0. The Kier molecular flexibility index (Phi) is 4.61. The maximum Gasteiger partial charge on any atom is 0.231 e. The molecule has 2 aromatic carbocycles. The standard InChI is InChI=1S/C20H22O6/c1-23-18-7-12(2-4-16(18)21)6-14-9-24-10-15(14)20(22)13-3-5-17-19(8-13)26-11-25-17/h2-5,7-8,14-15,20-22H,6,9-11H2,1H3/t14-,15+,20-/m1/s1. The maximum atomic E-state index is 10.9. The molecule has 4 rings (SSSR count). The fourth-order valence-corrected chi connectivity index (χ4v) is 3.67. The molecule has 0 amide bonds. The third kappa shape index (κ3) is 3.18. The van der Waals surface area contributed by atoms with Gasteiger partial charge in [-0.25, -0.2) is 0 Å². The van der Waals surface area contributed by atoms with Gasteiger partial charge < -0.3 is 29.2 Å². The summed E-state index contributed by atoms with van der Waals surface area (Å²) in [5.41, 5.74) is 1.84. The summed E-state index contributed by atoms with van der Waals surface area (Å²) in [5, 5.41) is 20.7. The molecule has 3 atom stereocenters. The number of phenols is 1. The number of ether oxygens (including phenoxy) is 4. The van der Waals surface area contributed by atoms with Crippen molar-refractivity contribution in [3.05, 3.63) is 47.5 Å². The fraction of sp³-hybridized carbons (Fsp3) is 0.400. The zero-order chi connectivity index (χ0) is 18.1. The van der Waals surface area contributed by atoms with Gasteiger partial charge in [0, 0.05) is 5.92 Å². The van der Waals surface area contributed by atoms with Crippen LogP contribution in [-0.4, -0.2) is 37.3 Å². The minimum absolute atomic E-state index is 0.0184. The lowest BCUT2D eigenvalue weighted by Gasteiger charge is -2.24. The van der Waals surface area contributed by atoms with Crippen molar-refractivity contribution < 1.29 is 29.2 Å². The highest BCUT2D eigenvalue weighted by Gasteiger charge is 2.35. The summed E-state index contributed by atoms with van der Waals surface area (Å²) in [6.45, 7) is 1.32. The highest BCUT2D eigenvalue weighted by molar-refractivity contribution is 5.45. The second-order valence-electron chi connectivity index (χ2n) is 6.73. The second kappa shape index (κ2) is 7.05. The van der Waals surface area contributed by atoms with Gasteiger partial charge in [0.05, 0.1) is 26.4 Å². The van der Waals surface area contributed by atoms with Crippen molar-refractivity contribution in [2.75, 3.05) is 27.1 Å². The average molecular weight is 358 g/mol. The van der Waals surface area contributed by atoms with Crippen molar-refractivity contribution in [1.29, 1.82) is 0 Å². The number of aromatic hydroxyl groups is 1. The molecular weight excluding hydrogens is 336 g/mol. The minimum atomic E-state index is -0.643. The van der Waals surface area contributed by atoms with E-state index in [1.165, 1.54) is 7.11 Å². The lowest BCUT2D eigenvalue weighted by Crippen LogP contribution is -2.22. The number of aliphatic hydroxyl groups is 1. The predicted molar refractivity (Wildman–Crippen MR) is 93.7 cm³/mol. The molecule has 0 spiro atoms. The third-order valence-electron chi connectivity index (χ3n) is 5.13. The molecule has 2 aromatic rings. The van der Waals surface area contributed by atoms with Crippen molar-refractivity contribution in [1.82, 2.24) is 0 Å². The van der Waals surface area contributed by atoms with Gasteiger partial charge in [0.2, 0.25) is 6.79 Å². The summed E-state index contributed by atoms with van der Waals surface area (Å²) in [6, 6.07) is 10.9. The number of phenolic OH excluding ortho intramolecular Hbond substituents is 1. The van der Waals surface area contributed by atoms with E-state index in [1.54, 1.807) is 6.07 Å². The van der Waals surface area contributed by atoms with E-state index in [-0.39, 0.29) is 24.4 Å². The number of fused-ring (bicyclic) bond motifs is 1. The molecule has 2 aliphatic rings. The Hall–Kier alpha value is -2.44. The van der Waals surface area contributed by atoms with E-state index in [4.69, 9.17) is 18.9 Å².